The van der Waals surface area contributed by atoms with Gasteiger partial charge in [0, 0.05) is 43.1 Å². The molecule has 2 atom stereocenters. The Hall–Kier alpha value is -4.21. The van der Waals surface area contributed by atoms with Crippen molar-refractivity contribution < 1.29 is 27.6 Å². The fourth-order valence-corrected chi connectivity index (χ4v) is 5.49. The van der Waals surface area contributed by atoms with Crippen molar-refractivity contribution in [2.75, 3.05) is 9.80 Å². The van der Waals surface area contributed by atoms with Crippen LogP contribution in [-0.4, -0.2) is 45.7 Å². The van der Waals surface area contributed by atoms with Crippen LogP contribution in [0, 0.1) is 12.4 Å². The molecule has 1 aliphatic carbocycles. The number of anilines is 2. The van der Waals surface area contributed by atoms with E-state index < -0.39 is 60.4 Å². The highest BCUT2D eigenvalue weighted by atomic mass is 35.5. The average molecular weight is 617 g/mol. The Morgan fingerprint density at radius 3 is 2.64 bits per heavy atom. The molecule has 1 N–H and O–H groups in total. The predicted molar refractivity (Wildman–Crippen MR) is 148 cm³/mol. The highest BCUT2D eigenvalue weighted by Gasteiger charge is 2.48. The van der Waals surface area contributed by atoms with Crippen LogP contribution in [0.15, 0.2) is 55.0 Å². The molecule has 3 amide bonds. The Morgan fingerprint density at radius 1 is 1.19 bits per heavy atom. The Kier molecular flexibility index (Phi) is 8.08. The summed E-state index contributed by atoms with van der Waals surface area (Å²) in [6.45, 7) is 7.30. The molecule has 1 aromatic carbocycles. The second kappa shape index (κ2) is 11.6. The van der Waals surface area contributed by atoms with Gasteiger partial charge in [-0.3, -0.25) is 29.2 Å². The lowest BCUT2D eigenvalue weighted by atomic mass is 9.87. The van der Waals surface area contributed by atoms with Gasteiger partial charge in [-0.2, -0.15) is 0 Å². The van der Waals surface area contributed by atoms with Crippen LogP contribution < -0.4 is 15.1 Å². The molecule has 1 aliphatic heterocycles. The number of benzene rings is 1. The fourth-order valence-electron chi connectivity index (χ4n) is 5.08. The number of halogens is 5. The van der Waals surface area contributed by atoms with Crippen molar-refractivity contribution in [1.82, 2.24) is 15.3 Å². The molecular weight excluding hydrogens is 596 g/mol. The van der Waals surface area contributed by atoms with E-state index in [1.165, 1.54) is 36.5 Å². The van der Waals surface area contributed by atoms with Crippen LogP contribution >= 0.6 is 23.2 Å². The lowest BCUT2D eigenvalue weighted by Crippen LogP contribution is -2.56. The Morgan fingerprint density at radius 2 is 1.95 bits per heavy atom. The Balaban J connectivity index is 1.63. The number of hydrogen-bond donors (Lipinski definition) is 1. The van der Waals surface area contributed by atoms with Crippen LogP contribution in [0.3, 0.4) is 0 Å². The summed E-state index contributed by atoms with van der Waals surface area (Å²) in [5, 5.41) is 2.49. The summed E-state index contributed by atoms with van der Waals surface area (Å²) in [7, 11) is 0. The third-order valence-electron chi connectivity index (χ3n) is 7.03. The first-order valence-electron chi connectivity index (χ1n) is 12.7. The predicted octanol–water partition coefficient (Wildman–Crippen LogP) is 5.66. The van der Waals surface area contributed by atoms with Gasteiger partial charge in [0.25, 0.3) is 11.8 Å². The normalized spacial score (nSPS) is 18.6. The van der Waals surface area contributed by atoms with Gasteiger partial charge in [-0.05, 0) is 24.6 Å². The fraction of sp³-hybridized carbons (Fsp3) is 0.286. The number of pyridine rings is 2. The molecule has 2 aromatic heterocycles. The van der Waals surface area contributed by atoms with Gasteiger partial charge in [0.15, 0.2) is 5.69 Å². The van der Waals surface area contributed by atoms with E-state index in [1.54, 1.807) is 0 Å². The van der Waals surface area contributed by atoms with Crippen molar-refractivity contribution >= 4 is 58.1 Å². The van der Waals surface area contributed by atoms with Crippen LogP contribution in [0.5, 0.6) is 0 Å². The molecule has 1 saturated carbocycles. The number of carbonyl (C=O) groups is 3. The zero-order valence-corrected chi connectivity index (χ0v) is 23.1. The zero-order chi connectivity index (χ0) is 30.2. The molecule has 0 radical (unpaired) electrons. The van der Waals surface area contributed by atoms with Crippen LogP contribution in [0.2, 0.25) is 10.0 Å². The number of alkyl halides is 2. The molecule has 0 bridgehead atoms. The third kappa shape index (κ3) is 5.75. The van der Waals surface area contributed by atoms with Gasteiger partial charge in [0.2, 0.25) is 11.8 Å². The number of rotatable bonds is 7. The Labute approximate surface area is 248 Å². The molecule has 5 rings (SSSR count). The van der Waals surface area contributed by atoms with Gasteiger partial charge in [-0.1, -0.05) is 35.3 Å². The third-order valence-corrected chi connectivity index (χ3v) is 7.86. The van der Waals surface area contributed by atoms with Crippen molar-refractivity contribution in [3.05, 3.63) is 87.8 Å². The topological polar surface area (TPSA) is 99.9 Å². The van der Waals surface area contributed by atoms with Crippen molar-refractivity contribution in [3.63, 3.8) is 0 Å². The van der Waals surface area contributed by atoms with E-state index in [4.69, 9.17) is 29.8 Å². The molecule has 2 aliphatic rings. The molecule has 14 heteroatoms. The first-order valence-corrected chi connectivity index (χ1v) is 13.5. The number of nitrogens with zero attached hydrogens (tertiary/aromatic N) is 5. The maximum absolute atomic E-state index is 14.5. The number of nitrogens with one attached hydrogen (secondary N) is 1. The summed E-state index contributed by atoms with van der Waals surface area (Å²) >= 11 is 12.8. The maximum Gasteiger partial charge on any atom is 0.252 e. The monoisotopic (exact) mass is 616 g/mol. The molecule has 0 unspecified atom stereocenters. The zero-order valence-electron chi connectivity index (χ0n) is 21.6. The van der Waals surface area contributed by atoms with Crippen LogP contribution in [0.25, 0.3) is 4.85 Å². The maximum atomic E-state index is 14.5. The highest BCUT2D eigenvalue weighted by molar-refractivity contribution is 6.42. The standard InChI is InChI=1S/C28H21Cl2F3N6O3/c1-34-16-7-8-36-22(10-16)39-21(5-6-23(39)40)27(42)38(18-9-15(31)13-35-14-18)25(19-3-2-4-20(29)24(19)30)26(41)37-17-11-28(32,33)12-17/h2-4,7-10,13-14,17,21,25H,5-6,11-12H2,(H,37,41)/t21-,25-/m0/s1. The minimum Gasteiger partial charge on any atom is -0.351 e. The summed E-state index contributed by atoms with van der Waals surface area (Å²) in [6.07, 6.45) is 2.12. The summed E-state index contributed by atoms with van der Waals surface area (Å²) in [6, 6.07) is 4.39. The average Bonchev–Trinajstić information content (AvgIpc) is 3.33. The van der Waals surface area contributed by atoms with Gasteiger partial charge in [0.05, 0.1) is 34.7 Å². The van der Waals surface area contributed by atoms with E-state index >= 15 is 0 Å². The molecule has 3 heterocycles. The largest absolute Gasteiger partial charge is 0.351 e. The van der Waals surface area contributed by atoms with Gasteiger partial charge in [0.1, 0.15) is 23.7 Å². The summed E-state index contributed by atoms with van der Waals surface area (Å²) in [4.78, 5) is 54.7. The van der Waals surface area contributed by atoms with Gasteiger partial charge in [-0.25, -0.2) is 23.0 Å². The van der Waals surface area contributed by atoms with Gasteiger partial charge in [-0.15, -0.1) is 0 Å². The van der Waals surface area contributed by atoms with Crippen LogP contribution in [-0.2, 0) is 14.4 Å². The molecule has 42 heavy (non-hydrogen) atoms. The minimum absolute atomic E-state index is 0.00724. The molecule has 9 nitrogen and oxygen atoms in total. The summed E-state index contributed by atoms with van der Waals surface area (Å²) in [5.41, 5.74) is 0.0593. The minimum atomic E-state index is -2.94. The van der Waals surface area contributed by atoms with Crippen LogP contribution in [0.1, 0.15) is 37.3 Å². The molecular formula is C28H21Cl2F3N6O3. The first kappa shape index (κ1) is 29.3. The SMILES string of the molecule is [C-]#[N+]c1ccnc(N2C(=O)CC[C@H]2C(=O)N(c2cncc(F)c2)[C@H](C(=O)NC2CC(F)(F)C2)c2cccc(Cl)c2Cl)c1. The van der Waals surface area contributed by atoms with Crippen molar-refractivity contribution in [3.8, 4) is 0 Å². The van der Waals surface area contributed by atoms with E-state index in [0.717, 1.165) is 28.3 Å². The van der Waals surface area contributed by atoms with E-state index in [0.29, 0.717) is 0 Å². The number of hydrogen-bond acceptors (Lipinski definition) is 5. The van der Waals surface area contributed by atoms with E-state index in [-0.39, 0.29) is 45.6 Å². The van der Waals surface area contributed by atoms with Crippen molar-refractivity contribution in [2.45, 2.75) is 49.7 Å². The molecule has 1 saturated heterocycles. The second-order valence-corrected chi connectivity index (χ2v) is 10.7. The molecule has 2 fully saturated rings. The smallest absolute Gasteiger partial charge is 0.252 e. The quantitative estimate of drug-likeness (QED) is 0.345. The lowest BCUT2D eigenvalue weighted by molar-refractivity contribution is -0.133. The van der Waals surface area contributed by atoms with Gasteiger partial charge < -0.3 is 5.32 Å². The van der Waals surface area contributed by atoms with Crippen molar-refractivity contribution in [1.29, 1.82) is 0 Å². The lowest BCUT2D eigenvalue weighted by Gasteiger charge is -2.39. The van der Waals surface area contributed by atoms with Crippen LogP contribution in [0.4, 0.5) is 30.4 Å². The van der Waals surface area contributed by atoms with Crippen molar-refractivity contribution in [2.24, 2.45) is 0 Å². The summed E-state index contributed by atoms with van der Waals surface area (Å²) < 4.78 is 41.7. The number of aromatic nitrogens is 2. The molecule has 216 valence electrons. The molecule has 0 spiro atoms. The van der Waals surface area contributed by atoms with E-state index in [2.05, 4.69) is 20.1 Å². The van der Waals surface area contributed by atoms with Gasteiger partial charge >= 0.3 is 0 Å². The second-order valence-electron chi connectivity index (χ2n) is 9.89. The molecule has 3 aromatic rings. The summed E-state index contributed by atoms with van der Waals surface area (Å²) in [5.74, 6) is -5.88. The Bertz CT molecular complexity index is 1610. The highest BCUT2D eigenvalue weighted by Crippen LogP contribution is 2.40. The van der Waals surface area contributed by atoms with E-state index in [9.17, 15) is 27.6 Å². The number of amides is 3. The first-order chi connectivity index (χ1) is 20.0. The number of carbonyl (C=O) groups excluding carboxylic acids is 3. The van der Waals surface area contributed by atoms with E-state index in [1.807, 2.05) is 0 Å².